The third-order valence-electron chi connectivity index (χ3n) is 1.98. The molecule has 1 aromatic carbocycles. The van der Waals surface area contributed by atoms with E-state index >= 15 is 0 Å². The number of carbonyl (C=O) groups is 2. The van der Waals surface area contributed by atoms with Crippen molar-refractivity contribution in [2.24, 2.45) is 0 Å². The molecule has 4 amide bonds. The fourth-order valence-corrected chi connectivity index (χ4v) is 1.34. The summed E-state index contributed by atoms with van der Waals surface area (Å²) < 4.78 is 0. The largest absolute Gasteiger partial charge is 0.508 e. The van der Waals surface area contributed by atoms with Crippen molar-refractivity contribution in [3.8, 4) is 5.75 Å². The quantitative estimate of drug-likeness (QED) is 0.537. The third kappa shape index (κ3) is 1.98. The lowest BCUT2D eigenvalue weighted by molar-refractivity contribution is 0.209. The van der Waals surface area contributed by atoms with Gasteiger partial charge in [0.25, 0.3) is 0 Å². The second kappa shape index (κ2) is 3.49. The molecule has 1 aromatic rings. The van der Waals surface area contributed by atoms with Crippen LogP contribution >= 0.6 is 0 Å². The first-order valence-corrected chi connectivity index (χ1v) is 4.32. The number of urea groups is 2. The van der Waals surface area contributed by atoms with Crippen LogP contribution in [0.4, 0.5) is 9.59 Å². The van der Waals surface area contributed by atoms with Gasteiger partial charge in [-0.1, -0.05) is 12.1 Å². The van der Waals surface area contributed by atoms with E-state index < -0.39 is 18.2 Å². The van der Waals surface area contributed by atoms with Gasteiger partial charge in [-0.25, -0.2) is 9.59 Å². The smallest absolute Gasteiger partial charge is 0.324 e. The van der Waals surface area contributed by atoms with E-state index in [0.717, 1.165) is 0 Å². The van der Waals surface area contributed by atoms with Crippen LogP contribution in [-0.4, -0.2) is 17.2 Å². The summed E-state index contributed by atoms with van der Waals surface area (Å²) in [6, 6.07) is 5.17. The first kappa shape index (κ1) is 9.32. The molecular formula is C9H9N3O3. The summed E-state index contributed by atoms with van der Waals surface area (Å²) in [7, 11) is 0. The number of carbonyl (C=O) groups excluding carboxylic acids is 2. The van der Waals surface area contributed by atoms with Gasteiger partial charge in [0.2, 0.25) is 0 Å². The number of phenolic OH excluding ortho intramolecular Hbond substituents is 1. The maximum atomic E-state index is 11.0. The van der Waals surface area contributed by atoms with Crippen molar-refractivity contribution >= 4 is 12.1 Å². The highest BCUT2D eigenvalue weighted by Gasteiger charge is 2.23. The van der Waals surface area contributed by atoms with Gasteiger partial charge < -0.3 is 15.7 Å². The van der Waals surface area contributed by atoms with Crippen LogP contribution in [0.2, 0.25) is 0 Å². The maximum absolute atomic E-state index is 11.0. The molecule has 1 aliphatic rings. The highest BCUT2D eigenvalue weighted by atomic mass is 16.3. The lowest BCUT2D eigenvalue weighted by Crippen LogP contribution is -2.56. The van der Waals surface area contributed by atoms with Crippen LogP contribution in [0.5, 0.6) is 5.75 Å². The second-order valence-corrected chi connectivity index (χ2v) is 3.10. The number of nitrogens with one attached hydrogen (secondary N) is 3. The van der Waals surface area contributed by atoms with Gasteiger partial charge in [-0.3, -0.25) is 5.32 Å². The van der Waals surface area contributed by atoms with Crippen LogP contribution in [-0.2, 0) is 0 Å². The van der Waals surface area contributed by atoms with Gasteiger partial charge in [-0.2, -0.15) is 0 Å². The first-order chi connectivity index (χ1) is 7.15. The Morgan fingerprint density at radius 1 is 1.13 bits per heavy atom. The van der Waals surface area contributed by atoms with Crippen molar-refractivity contribution in [1.29, 1.82) is 0 Å². The van der Waals surface area contributed by atoms with Crippen molar-refractivity contribution in [3.63, 3.8) is 0 Å². The van der Waals surface area contributed by atoms with Gasteiger partial charge in [-0.15, -0.1) is 0 Å². The molecule has 0 spiro atoms. The molecule has 0 aliphatic carbocycles. The number of benzene rings is 1. The predicted molar refractivity (Wildman–Crippen MR) is 51.0 cm³/mol. The molecule has 2 rings (SSSR count). The van der Waals surface area contributed by atoms with E-state index in [9.17, 15) is 14.7 Å². The summed E-state index contributed by atoms with van der Waals surface area (Å²) in [5, 5.41) is 16.3. The fourth-order valence-electron chi connectivity index (χ4n) is 1.34. The van der Waals surface area contributed by atoms with Crippen LogP contribution in [0.25, 0.3) is 0 Å². The molecule has 4 N–H and O–H groups in total. The Hall–Kier alpha value is -2.24. The summed E-state index contributed by atoms with van der Waals surface area (Å²) in [5.41, 5.74) is 0.609. The number of hydrogen-bond acceptors (Lipinski definition) is 3. The zero-order chi connectivity index (χ0) is 10.8. The molecule has 0 unspecified atom stereocenters. The maximum Gasteiger partial charge on any atom is 0.324 e. The van der Waals surface area contributed by atoms with E-state index in [0.29, 0.717) is 5.56 Å². The SMILES string of the molecule is O=C1NC(=O)NC(c2cccc(O)c2)N1. The minimum Gasteiger partial charge on any atom is -0.508 e. The van der Waals surface area contributed by atoms with E-state index in [1.54, 1.807) is 12.1 Å². The summed E-state index contributed by atoms with van der Waals surface area (Å²) in [6.45, 7) is 0. The number of hydrogen-bond donors (Lipinski definition) is 4. The molecule has 1 heterocycles. The third-order valence-corrected chi connectivity index (χ3v) is 1.98. The van der Waals surface area contributed by atoms with Crippen molar-refractivity contribution in [1.82, 2.24) is 16.0 Å². The standard InChI is InChI=1S/C9H9N3O3/c13-6-3-1-2-5(4-6)7-10-8(14)12-9(15)11-7/h1-4,7,13H,(H3,10,11,12,14,15). The van der Waals surface area contributed by atoms with Gasteiger partial charge in [0, 0.05) is 0 Å². The lowest BCUT2D eigenvalue weighted by Gasteiger charge is -2.25. The van der Waals surface area contributed by atoms with E-state index in [1.165, 1.54) is 12.1 Å². The number of rotatable bonds is 1. The number of amides is 4. The van der Waals surface area contributed by atoms with E-state index in [1.807, 2.05) is 5.32 Å². The molecule has 15 heavy (non-hydrogen) atoms. The zero-order valence-corrected chi connectivity index (χ0v) is 7.65. The zero-order valence-electron chi connectivity index (χ0n) is 7.65. The van der Waals surface area contributed by atoms with Gasteiger partial charge >= 0.3 is 12.1 Å². The minimum absolute atomic E-state index is 0.0783. The predicted octanol–water partition coefficient (Wildman–Crippen LogP) is 0.413. The average Bonchev–Trinajstić information content (AvgIpc) is 2.16. The molecule has 0 atom stereocenters. The van der Waals surface area contributed by atoms with Crippen molar-refractivity contribution in [3.05, 3.63) is 29.8 Å². The fraction of sp³-hybridized carbons (Fsp3) is 0.111. The molecule has 0 radical (unpaired) electrons. The summed E-state index contributed by atoms with van der Waals surface area (Å²) >= 11 is 0. The highest BCUT2D eigenvalue weighted by molar-refractivity contribution is 5.96. The van der Waals surface area contributed by atoms with Gasteiger partial charge in [0.05, 0.1) is 0 Å². The topological polar surface area (TPSA) is 90.5 Å². The van der Waals surface area contributed by atoms with E-state index in [2.05, 4.69) is 10.6 Å². The number of phenols is 1. The van der Waals surface area contributed by atoms with E-state index in [-0.39, 0.29) is 5.75 Å². The first-order valence-electron chi connectivity index (χ1n) is 4.32. The van der Waals surface area contributed by atoms with Crippen molar-refractivity contribution < 1.29 is 14.7 Å². The van der Waals surface area contributed by atoms with Crippen LogP contribution in [0.15, 0.2) is 24.3 Å². The van der Waals surface area contributed by atoms with Crippen LogP contribution in [0.3, 0.4) is 0 Å². The molecule has 6 nitrogen and oxygen atoms in total. The summed E-state index contributed by atoms with van der Waals surface area (Å²) in [6.07, 6.45) is -0.613. The van der Waals surface area contributed by atoms with Crippen molar-refractivity contribution in [2.45, 2.75) is 6.17 Å². The normalized spacial score (nSPS) is 16.5. The van der Waals surface area contributed by atoms with Crippen molar-refractivity contribution in [2.75, 3.05) is 0 Å². The molecule has 1 saturated heterocycles. The van der Waals surface area contributed by atoms with Gasteiger partial charge in [-0.05, 0) is 17.7 Å². The van der Waals surface area contributed by atoms with Gasteiger partial charge in [0.15, 0.2) is 0 Å². The minimum atomic E-state index is -0.613. The molecule has 0 aromatic heterocycles. The van der Waals surface area contributed by atoms with E-state index in [4.69, 9.17) is 0 Å². The lowest BCUT2D eigenvalue weighted by atomic mass is 10.1. The molecule has 0 saturated carbocycles. The Morgan fingerprint density at radius 2 is 1.80 bits per heavy atom. The second-order valence-electron chi connectivity index (χ2n) is 3.10. The Labute approximate surface area is 85.3 Å². The van der Waals surface area contributed by atoms with Gasteiger partial charge in [0.1, 0.15) is 11.9 Å². The Balaban J connectivity index is 2.23. The average molecular weight is 207 g/mol. The molecule has 78 valence electrons. The molecule has 1 fully saturated rings. The number of aromatic hydroxyl groups is 1. The Bertz CT molecular complexity index is 403. The highest BCUT2D eigenvalue weighted by Crippen LogP contribution is 2.17. The van der Waals surface area contributed by atoms with Crippen LogP contribution in [0, 0.1) is 0 Å². The number of imide groups is 1. The van der Waals surface area contributed by atoms with Crippen LogP contribution < -0.4 is 16.0 Å². The summed E-state index contributed by atoms with van der Waals surface area (Å²) in [4.78, 5) is 22.0. The molecule has 1 aliphatic heterocycles. The molecule has 6 heteroatoms. The molecular weight excluding hydrogens is 198 g/mol. The monoisotopic (exact) mass is 207 g/mol. The Kier molecular flexibility index (Phi) is 2.17. The Morgan fingerprint density at radius 3 is 2.40 bits per heavy atom. The molecule has 0 bridgehead atoms. The van der Waals surface area contributed by atoms with Crippen LogP contribution in [0.1, 0.15) is 11.7 Å². The summed E-state index contributed by atoms with van der Waals surface area (Å²) in [5.74, 6) is 0.0783.